The molecule has 0 amide bonds. The summed E-state index contributed by atoms with van der Waals surface area (Å²) < 4.78 is 91.3. The first kappa shape index (κ1) is 50.6. The predicted molar refractivity (Wildman–Crippen MR) is 218 cm³/mol. The van der Waals surface area contributed by atoms with Crippen LogP contribution in [0.3, 0.4) is 0 Å². The summed E-state index contributed by atoms with van der Waals surface area (Å²) in [7, 11) is 2.68. The van der Waals surface area contributed by atoms with Crippen LogP contribution in [0.15, 0.2) is 79.5 Å². The van der Waals surface area contributed by atoms with E-state index < -0.39 is 38.4 Å². The third-order valence-electron chi connectivity index (χ3n) is 8.02. The molecule has 3 heterocycles. The number of carbonyl (C=O) groups excluding carboxylic acids is 4. The molecule has 0 saturated carbocycles. The summed E-state index contributed by atoms with van der Waals surface area (Å²) >= 11 is 4.85. The number of imidazole rings is 1. The van der Waals surface area contributed by atoms with Crippen molar-refractivity contribution in [3.8, 4) is 45.5 Å². The van der Waals surface area contributed by atoms with Gasteiger partial charge in [-0.25, -0.2) is 15.0 Å². The van der Waals surface area contributed by atoms with Crippen molar-refractivity contribution in [2.24, 2.45) is 10.8 Å². The summed E-state index contributed by atoms with van der Waals surface area (Å²) in [5.74, 6) is -1.33. The minimum absolute atomic E-state index is 0.0154. The van der Waals surface area contributed by atoms with E-state index in [0.29, 0.717) is 41.1 Å². The number of aromatic nitrogens is 6. The molecule has 0 spiro atoms. The van der Waals surface area contributed by atoms with E-state index in [9.17, 15) is 45.5 Å². The number of halogens is 8. The first-order valence-electron chi connectivity index (χ1n) is 17.7. The lowest BCUT2D eigenvalue weighted by Gasteiger charge is -2.21. The predicted octanol–water partition coefficient (Wildman–Crippen LogP) is 8.90. The third kappa shape index (κ3) is 15.0. The molecule has 1 N–H and O–H groups in total. The van der Waals surface area contributed by atoms with Gasteiger partial charge in [0, 0.05) is 11.1 Å². The van der Waals surface area contributed by atoms with Gasteiger partial charge >= 0.3 is 24.3 Å². The molecule has 14 nitrogen and oxygen atoms in total. The number of hydrogen-bond donors (Lipinski definition) is 1. The number of aromatic amines is 1. The molecule has 0 aliphatic heterocycles. The molecule has 2 aromatic carbocycles. The van der Waals surface area contributed by atoms with E-state index in [2.05, 4.69) is 61.8 Å². The van der Waals surface area contributed by atoms with E-state index >= 15 is 0 Å². The molecule has 0 bridgehead atoms. The Morgan fingerprint density at radius 3 is 1.37 bits per heavy atom. The number of H-pyrrole nitrogens is 1. The van der Waals surface area contributed by atoms with E-state index in [-0.39, 0.29) is 36.7 Å². The normalized spacial score (nSPS) is 11.6. The van der Waals surface area contributed by atoms with Crippen LogP contribution < -0.4 is 9.47 Å². The highest BCUT2D eigenvalue weighted by atomic mass is 79.9. The van der Waals surface area contributed by atoms with Crippen LogP contribution in [0.1, 0.15) is 43.9 Å². The molecule has 0 fully saturated rings. The topological polar surface area (TPSA) is 185 Å². The fourth-order valence-electron chi connectivity index (χ4n) is 4.51. The average Bonchev–Trinajstić information content (AvgIpc) is 3.76. The molecule has 62 heavy (non-hydrogen) atoms. The second-order valence-electron chi connectivity index (χ2n) is 13.9. The zero-order valence-corrected chi connectivity index (χ0v) is 36.8. The molecule has 3 aromatic heterocycles. The summed E-state index contributed by atoms with van der Waals surface area (Å²) in [6, 6.07) is 14.2. The molecule has 0 aliphatic carbocycles. The van der Waals surface area contributed by atoms with Gasteiger partial charge in [-0.1, -0.05) is 31.9 Å². The molecule has 0 unspecified atom stereocenters. The second kappa shape index (κ2) is 21.8. The van der Waals surface area contributed by atoms with Gasteiger partial charge in [0.05, 0.1) is 67.4 Å². The number of ether oxygens (including phenoxy) is 4. The maximum atomic E-state index is 12.7. The van der Waals surface area contributed by atoms with Gasteiger partial charge in [-0.15, -0.1) is 0 Å². The van der Waals surface area contributed by atoms with Crippen LogP contribution in [-0.2, 0) is 30.0 Å². The van der Waals surface area contributed by atoms with E-state index in [1.807, 2.05) is 12.1 Å². The second-order valence-corrected chi connectivity index (χ2v) is 17.0. The highest BCUT2D eigenvalue weighted by Crippen LogP contribution is 2.30. The number of esters is 2. The molecule has 0 atom stereocenters. The minimum atomic E-state index is -4.75. The first-order chi connectivity index (χ1) is 28.9. The van der Waals surface area contributed by atoms with Crippen LogP contribution in [-0.4, -0.2) is 91.3 Å². The van der Waals surface area contributed by atoms with E-state index in [4.69, 9.17) is 18.9 Å². The Labute approximate surface area is 367 Å². The molecule has 5 aromatic rings. The molecule has 0 radical (unpaired) electrons. The molecule has 0 saturated heterocycles. The largest absolute Gasteiger partial charge is 0.492 e. The number of ketones is 1. The maximum Gasteiger partial charge on any atom is 0.452 e. The van der Waals surface area contributed by atoms with Crippen LogP contribution >= 0.6 is 31.9 Å². The van der Waals surface area contributed by atoms with Gasteiger partial charge in [0.15, 0.2) is 12.1 Å². The van der Waals surface area contributed by atoms with Crippen LogP contribution in [0.25, 0.3) is 34.0 Å². The van der Waals surface area contributed by atoms with Gasteiger partial charge in [0.25, 0.3) is 5.78 Å². The molecule has 332 valence electrons. The zero-order valence-electron chi connectivity index (χ0n) is 33.6. The maximum absolute atomic E-state index is 12.7. The van der Waals surface area contributed by atoms with Crippen molar-refractivity contribution in [3.05, 3.63) is 90.9 Å². The van der Waals surface area contributed by atoms with Gasteiger partial charge in [0.1, 0.15) is 45.5 Å². The number of methoxy groups -OCH3 is 2. The Hall–Kier alpha value is -5.77. The highest BCUT2D eigenvalue weighted by Gasteiger charge is 2.41. The highest BCUT2D eigenvalue weighted by molar-refractivity contribution is 9.25. The van der Waals surface area contributed by atoms with Crippen LogP contribution in [0, 0.1) is 10.8 Å². The number of nitrogens with zero attached hydrogens (tertiary/aromatic N) is 5. The lowest BCUT2D eigenvalue weighted by molar-refractivity contribution is -0.168. The summed E-state index contributed by atoms with van der Waals surface area (Å²) in [5, 5.41) is 0. The van der Waals surface area contributed by atoms with Crippen molar-refractivity contribution in [2.45, 2.75) is 43.8 Å². The Bertz CT molecular complexity index is 2250. The number of alkyl halides is 8. The molecule has 0 aliphatic rings. The summed E-state index contributed by atoms with van der Waals surface area (Å²) in [4.78, 5) is 66.2. The van der Waals surface area contributed by atoms with Crippen molar-refractivity contribution in [2.75, 3.05) is 27.4 Å². The lowest BCUT2D eigenvalue weighted by Crippen LogP contribution is -2.32. The van der Waals surface area contributed by atoms with E-state index in [1.165, 1.54) is 32.8 Å². The number of aldehydes is 1. The quantitative estimate of drug-likeness (QED) is 0.0511. The number of benzene rings is 2. The number of carbonyl (C=O) groups is 4. The Morgan fingerprint density at radius 1 is 0.645 bits per heavy atom. The fraction of sp³-hybridized carbons (Fsp3) is 0.325. The number of nitrogens with one attached hydrogen (secondary N) is 1. The van der Waals surface area contributed by atoms with Crippen molar-refractivity contribution in [1.82, 2.24) is 29.9 Å². The average molecular weight is 1000 g/mol. The van der Waals surface area contributed by atoms with Crippen molar-refractivity contribution < 1.29 is 64.5 Å². The molecule has 5 rings (SSSR count). The van der Waals surface area contributed by atoms with Gasteiger partial charge in [-0.05, 0) is 76.2 Å². The Balaban J connectivity index is 0.000000283. The van der Waals surface area contributed by atoms with Crippen LogP contribution in [0.4, 0.5) is 26.3 Å². The van der Waals surface area contributed by atoms with Crippen LogP contribution in [0.2, 0.25) is 0 Å². The first-order valence-corrected chi connectivity index (χ1v) is 19.5. The lowest BCUT2D eigenvalue weighted by atomic mass is 9.95. The SMILES string of the molecule is COC(=O)C(C)(C)COc1ccc(-c2cnc(-c3ncc(C(F)(F)F)[nH]3)cn2)cc1.COC(=O)C(C)(C)COc1ccc(-c2cnc(C=O)cn2)cc1.O=C(C(Br)Br)C(F)(F)F. The summed E-state index contributed by atoms with van der Waals surface area (Å²) in [5.41, 5.74) is 0.821. The van der Waals surface area contributed by atoms with Crippen molar-refractivity contribution in [3.63, 3.8) is 0 Å². The number of rotatable bonds is 13. The fourth-order valence-corrected chi connectivity index (χ4v) is 5.03. The van der Waals surface area contributed by atoms with Crippen molar-refractivity contribution >= 4 is 55.9 Å². The van der Waals surface area contributed by atoms with Gasteiger partial charge in [-0.3, -0.25) is 29.1 Å². The number of hydrogen-bond acceptors (Lipinski definition) is 13. The number of Topliss-reactive ketones (excluding diaryl/α,β-unsaturated/α-hetero) is 1. The van der Waals surface area contributed by atoms with Crippen molar-refractivity contribution in [1.29, 1.82) is 0 Å². The summed E-state index contributed by atoms with van der Waals surface area (Å²) in [6.07, 6.45) is -2.14. The van der Waals surface area contributed by atoms with E-state index in [0.717, 1.165) is 11.1 Å². The molecule has 22 heteroatoms. The third-order valence-corrected chi connectivity index (χ3v) is 8.85. The van der Waals surface area contributed by atoms with Gasteiger partial charge in [-0.2, -0.15) is 26.3 Å². The minimum Gasteiger partial charge on any atom is -0.492 e. The Morgan fingerprint density at radius 2 is 1.06 bits per heavy atom. The van der Waals surface area contributed by atoms with Crippen LogP contribution in [0.5, 0.6) is 11.5 Å². The van der Waals surface area contributed by atoms with Gasteiger partial charge < -0.3 is 23.9 Å². The molecular weight excluding hydrogens is 966 g/mol. The van der Waals surface area contributed by atoms with Gasteiger partial charge in [0.2, 0.25) is 0 Å². The Kier molecular flexibility index (Phi) is 17.8. The summed E-state index contributed by atoms with van der Waals surface area (Å²) in [6.45, 7) is 7.33. The monoisotopic (exact) mass is 1000 g/mol. The van der Waals surface area contributed by atoms with E-state index in [1.54, 1.807) is 70.3 Å². The standard InChI is InChI=1S/C20H19F3N4O3.C17H18N2O4.C3HBr2F3O/c1-19(2,18(28)29-3)11-30-13-6-4-12(5-7-13)14-8-25-15(9-24-14)17-26-10-16(27-17)20(21,22)23;1-17(2,16(21)22-3)11-23-14-6-4-12(5-7-14)15-9-18-13(10-20)8-19-15;4-2(5)1(9)3(6,7)8/h4-10H,11H2,1-3H3,(H,26,27);4-10H,11H2,1-3H3;2H. The smallest absolute Gasteiger partial charge is 0.452 e. The molecular formula is C40H38Br2F6N6O8. The zero-order chi connectivity index (χ0) is 46.5.